The Morgan fingerprint density at radius 1 is 0.778 bits per heavy atom. The fraction of sp³-hybridized carbons (Fsp3) is 0.182. The van der Waals surface area contributed by atoms with Gasteiger partial charge in [-0.25, -0.2) is 9.34 Å². The Hall–Kier alpha value is -2.39. The van der Waals surface area contributed by atoms with E-state index in [0.29, 0.717) is 26.2 Å². The maximum atomic E-state index is 14.3. The quantitative estimate of drug-likeness (QED) is 0.377. The molecular weight excluding hydrogens is 353 g/mol. The Morgan fingerprint density at radius 3 is 1.78 bits per heavy atom. The maximum Gasteiger partial charge on any atom is 0.309 e. The highest BCUT2D eigenvalue weighted by Gasteiger charge is 2.35. The molecule has 0 amide bonds. The second-order valence-corrected chi connectivity index (χ2v) is 8.52. The minimum absolute atomic E-state index is 0.464. The lowest BCUT2D eigenvalue weighted by molar-refractivity contribution is 0.395. The molecule has 0 radical (unpaired) electrons. The topological polar surface area (TPSA) is 35.6 Å². The van der Waals surface area contributed by atoms with Gasteiger partial charge in [0.05, 0.1) is 0 Å². The molecule has 0 fully saturated rings. The zero-order chi connectivity index (χ0) is 19.7. The molecule has 27 heavy (non-hydrogen) atoms. The first-order valence-corrected chi connectivity index (χ1v) is 10.5. The Kier molecular flexibility index (Phi) is 7.81. The van der Waals surface area contributed by atoms with Crippen molar-refractivity contribution in [1.82, 2.24) is 9.34 Å². The van der Waals surface area contributed by atoms with Gasteiger partial charge in [0, 0.05) is 37.3 Å². The van der Waals surface area contributed by atoms with Gasteiger partial charge in [0.15, 0.2) is 0 Å². The van der Waals surface area contributed by atoms with Gasteiger partial charge in [-0.2, -0.15) is 0 Å². The van der Waals surface area contributed by atoms with Gasteiger partial charge in [-0.3, -0.25) is 4.57 Å². The molecule has 0 unspecified atom stereocenters. The van der Waals surface area contributed by atoms with E-state index in [9.17, 15) is 4.57 Å². The molecule has 2 rings (SSSR count). The molecule has 0 aliphatic rings. The van der Waals surface area contributed by atoms with Crippen LogP contribution in [0, 0.1) is 0 Å². The highest BCUT2D eigenvalue weighted by atomic mass is 31.2. The van der Waals surface area contributed by atoms with Crippen LogP contribution in [0.4, 0.5) is 5.69 Å². The molecule has 0 saturated heterocycles. The summed E-state index contributed by atoms with van der Waals surface area (Å²) in [7, 11) is -3.20. The van der Waals surface area contributed by atoms with Crippen molar-refractivity contribution in [2.45, 2.75) is 0 Å². The maximum absolute atomic E-state index is 14.3. The number of rotatable bonds is 12. The molecule has 0 aromatic heterocycles. The molecule has 0 heterocycles. The Labute approximate surface area is 162 Å². The van der Waals surface area contributed by atoms with Gasteiger partial charge in [-0.05, 0) is 11.5 Å². The number of nitrogens with zero attached hydrogens (tertiary/aromatic N) is 2. The van der Waals surface area contributed by atoms with Gasteiger partial charge >= 0.3 is 7.59 Å². The Bertz CT molecular complexity index is 808. The van der Waals surface area contributed by atoms with E-state index in [2.05, 4.69) is 31.4 Å². The minimum atomic E-state index is -3.20. The third-order valence-electron chi connectivity index (χ3n) is 4.18. The second kappa shape index (κ2) is 10.1. The lowest BCUT2D eigenvalue weighted by Gasteiger charge is -2.38. The summed E-state index contributed by atoms with van der Waals surface area (Å²) in [6.07, 6.45) is 7.00. The Morgan fingerprint density at radius 2 is 1.26 bits per heavy atom. The summed E-state index contributed by atoms with van der Waals surface area (Å²) in [6, 6.07) is 14.0. The van der Waals surface area contributed by atoms with Gasteiger partial charge in [0.1, 0.15) is 0 Å². The van der Waals surface area contributed by atoms with E-state index < -0.39 is 7.59 Å². The third-order valence-corrected chi connectivity index (χ3v) is 6.90. The number of hydrogen-bond donors (Lipinski definition) is 1. The van der Waals surface area contributed by atoms with Crippen LogP contribution < -0.4 is 5.09 Å². The molecule has 0 bridgehead atoms. The molecule has 2 aromatic carbocycles. The van der Waals surface area contributed by atoms with E-state index in [1.54, 1.807) is 24.3 Å². The molecule has 1 N–H and O–H groups in total. The number of benzene rings is 2. The number of hydrogen-bond acceptors (Lipinski definition) is 1. The summed E-state index contributed by atoms with van der Waals surface area (Å²) in [5.74, 6) is 0. The van der Waals surface area contributed by atoms with E-state index >= 15 is 0 Å². The monoisotopic (exact) mass is 381 g/mol. The summed E-state index contributed by atoms with van der Waals surface area (Å²) in [4.78, 5) is 0. The standard InChI is InChI=1S/C22H28N3OP/c1-5-16-24(17-6-2)27(26,25(18-7-3)19-8-4)23-22-15-11-13-20-12-9-10-14-21(20)22/h5-15H,1-4,16-19H2,(H,23,26). The van der Waals surface area contributed by atoms with Crippen molar-refractivity contribution in [2.24, 2.45) is 0 Å². The second-order valence-electron chi connectivity index (χ2n) is 6.08. The van der Waals surface area contributed by atoms with Crippen LogP contribution in [0.25, 0.3) is 10.8 Å². The van der Waals surface area contributed by atoms with Crippen molar-refractivity contribution in [3.05, 3.63) is 93.1 Å². The van der Waals surface area contributed by atoms with Crippen molar-refractivity contribution in [3.8, 4) is 0 Å². The average Bonchev–Trinajstić information content (AvgIpc) is 2.68. The fourth-order valence-corrected chi connectivity index (χ4v) is 5.48. The van der Waals surface area contributed by atoms with Crippen molar-refractivity contribution in [1.29, 1.82) is 0 Å². The van der Waals surface area contributed by atoms with Crippen LogP contribution in [0.3, 0.4) is 0 Å². The van der Waals surface area contributed by atoms with E-state index in [0.717, 1.165) is 16.5 Å². The van der Waals surface area contributed by atoms with Gasteiger partial charge in [-0.1, -0.05) is 60.7 Å². The van der Waals surface area contributed by atoms with E-state index in [1.165, 1.54) is 0 Å². The molecule has 0 aliphatic carbocycles. The minimum Gasteiger partial charge on any atom is -0.312 e. The average molecular weight is 381 g/mol. The van der Waals surface area contributed by atoms with E-state index in [-0.39, 0.29) is 0 Å². The SMILES string of the molecule is C=CCN(CC=C)P(=O)(Nc1cccc2ccccc12)N(CC=C)CC=C. The molecule has 0 aliphatic heterocycles. The highest BCUT2D eigenvalue weighted by Crippen LogP contribution is 2.53. The summed E-state index contributed by atoms with van der Waals surface area (Å²) >= 11 is 0. The summed E-state index contributed by atoms with van der Waals surface area (Å²) in [5, 5.41) is 5.47. The molecule has 4 nitrogen and oxygen atoms in total. The lowest BCUT2D eigenvalue weighted by atomic mass is 10.1. The molecular formula is C22H28N3OP. The first kappa shape index (κ1) is 20.9. The van der Waals surface area contributed by atoms with Gasteiger partial charge in [0.25, 0.3) is 0 Å². The molecule has 0 saturated carbocycles. The van der Waals surface area contributed by atoms with Crippen LogP contribution in [0.2, 0.25) is 0 Å². The molecule has 0 atom stereocenters. The molecule has 2 aromatic rings. The number of fused-ring (bicyclic) bond motifs is 1. The summed E-state index contributed by atoms with van der Waals surface area (Å²) in [6.45, 7) is 17.1. The zero-order valence-corrected chi connectivity index (χ0v) is 16.7. The number of nitrogens with one attached hydrogen (secondary N) is 1. The summed E-state index contributed by atoms with van der Waals surface area (Å²) < 4.78 is 18.1. The van der Waals surface area contributed by atoms with E-state index in [1.807, 2.05) is 51.8 Å². The van der Waals surface area contributed by atoms with Gasteiger partial charge in [0.2, 0.25) is 0 Å². The predicted molar refractivity (Wildman–Crippen MR) is 119 cm³/mol. The largest absolute Gasteiger partial charge is 0.312 e. The van der Waals surface area contributed by atoms with Crippen LogP contribution in [0.1, 0.15) is 0 Å². The Balaban J connectivity index is 2.57. The molecule has 5 heteroatoms. The first-order chi connectivity index (χ1) is 13.1. The number of anilines is 1. The fourth-order valence-electron chi connectivity index (χ4n) is 2.99. The van der Waals surface area contributed by atoms with Crippen LogP contribution >= 0.6 is 7.59 Å². The normalized spacial score (nSPS) is 11.5. The van der Waals surface area contributed by atoms with Crippen molar-refractivity contribution in [3.63, 3.8) is 0 Å². The van der Waals surface area contributed by atoms with Gasteiger partial charge in [-0.15, -0.1) is 26.3 Å². The van der Waals surface area contributed by atoms with Crippen molar-refractivity contribution < 1.29 is 4.57 Å². The summed E-state index contributed by atoms with van der Waals surface area (Å²) in [5.41, 5.74) is 0.827. The third kappa shape index (κ3) is 4.86. The molecule has 142 valence electrons. The van der Waals surface area contributed by atoms with E-state index in [4.69, 9.17) is 0 Å². The van der Waals surface area contributed by atoms with Gasteiger partial charge < -0.3 is 5.09 Å². The first-order valence-electron chi connectivity index (χ1n) is 8.91. The van der Waals surface area contributed by atoms with Crippen LogP contribution in [-0.4, -0.2) is 35.5 Å². The predicted octanol–water partition coefficient (Wildman–Crippen LogP) is 5.71. The lowest BCUT2D eigenvalue weighted by Crippen LogP contribution is -2.36. The van der Waals surface area contributed by atoms with Crippen molar-refractivity contribution >= 4 is 24.1 Å². The smallest absolute Gasteiger partial charge is 0.309 e. The van der Waals surface area contributed by atoms with Crippen LogP contribution in [0.15, 0.2) is 93.1 Å². The highest BCUT2D eigenvalue weighted by molar-refractivity contribution is 7.60. The van der Waals surface area contributed by atoms with Crippen LogP contribution in [0.5, 0.6) is 0 Å². The van der Waals surface area contributed by atoms with Crippen molar-refractivity contribution in [2.75, 3.05) is 31.3 Å². The molecule has 0 spiro atoms. The van der Waals surface area contributed by atoms with Crippen LogP contribution in [-0.2, 0) is 4.57 Å². The zero-order valence-electron chi connectivity index (χ0n) is 15.8.